The lowest BCUT2D eigenvalue weighted by molar-refractivity contribution is -0.137. The molecule has 0 fully saturated rings. The van der Waals surface area contributed by atoms with Gasteiger partial charge < -0.3 is 16.2 Å². The molecule has 19 heavy (non-hydrogen) atoms. The highest BCUT2D eigenvalue weighted by Crippen LogP contribution is 2.11. The Morgan fingerprint density at radius 2 is 1.89 bits per heavy atom. The predicted octanol–water partition coefficient (Wildman–Crippen LogP) is 1.77. The number of nitrogens with one attached hydrogen (secondary N) is 1. The number of rotatable bonds is 7. The quantitative estimate of drug-likeness (QED) is 0.699. The van der Waals surface area contributed by atoms with Gasteiger partial charge in [-0.2, -0.15) is 0 Å². The molecule has 0 bridgehead atoms. The van der Waals surface area contributed by atoms with Crippen LogP contribution in [0.25, 0.3) is 0 Å². The number of carboxylic acids is 1. The van der Waals surface area contributed by atoms with E-state index >= 15 is 0 Å². The fraction of sp³-hybridized carbons (Fsp3) is 0.429. The molecule has 0 saturated carbocycles. The molecule has 4 N–H and O–H groups in total. The van der Waals surface area contributed by atoms with E-state index in [1.54, 1.807) is 12.1 Å². The Kier molecular flexibility index (Phi) is 6.02. The second-order valence-electron chi connectivity index (χ2n) is 4.65. The summed E-state index contributed by atoms with van der Waals surface area (Å²) in [5.74, 6) is -0.871. The van der Waals surface area contributed by atoms with Gasteiger partial charge >= 0.3 is 5.97 Å². The largest absolute Gasteiger partial charge is 0.481 e. The van der Waals surface area contributed by atoms with E-state index in [-0.39, 0.29) is 18.4 Å². The summed E-state index contributed by atoms with van der Waals surface area (Å²) in [5, 5.41) is 11.4. The molecule has 0 aliphatic rings. The van der Waals surface area contributed by atoms with Crippen LogP contribution in [-0.4, -0.2) is 23.0 Å². The van der Waals surface area contributed by atoms with E-state index in [2.05, 4.69) is 5.32 Å². The SMILES string of the molecule is CC(N)CCC(=O)Nc1ccc(CCC(=O)O)cc1. The van der Waals surface area contributed by atoms with Gasteiger partial charge in [-0.05, 0) is 37.5 Å². The fourth-order valence-corrected chi connectivity index (χ4v) is 1.59. The third-order valence-electron chi connectivity index (χ3n) is 2.69. The topological polar surface area (TPSA) is 92.4 Å². The van der Waals surface area contributed by atoms with Gasteiger partial charge in [0.2, 0.25) is 5.91 Å². The van der Waals surface area contributed by atoms with Crippen molar-refractivity contribution in [1.82, 2.24) is 0 Å². The zero-order chi connectivity index (χ0) is 14.3. The maximum absolute atomic E-state index is 11.6. The van der Waals surface area contributed by atoms with Crippen molar-refractivity contribution in [3.8, 4) is 0 Å². The van der Waals surface area contributed by atoms with Crippen molar-refractivity contribution < 1.29 is 14.7 Å². The Balaban J connectivity index is 2.43. The third kappa shape index (κ3) is 6.57. The van der Waals surface area contributed by atoms with Gasteiger partial charge in [-0.15, -0.1) is 0 Å². The molecule has 5 heteroatoms. The first-order valence-electron chi connectivity index (χ1n) is 6.33. The Hall–Kier alpha value is -1.88. The molecule has 0 saturated heterocycles. The lowest BCUT2D eigenvalue weighted by Crippen LogP contribution is -2.19. The Labute approximate surface area is 112 Å². The number of carbonyl (C=O) groups excluding carboxylic acids is 1. The summed E-state index contributed by atoms with van der Waals surface area (Å²) in [7, 11) is 0. The second-order valence-corrected chi connectivity index (χ2v) is 4.65. The van der Waals surface area contributed by atoms with Crippen LogP contribution in [0, 0.1) is 0 Å². The molecule has 0 aromatic heterocycles. The summed E-state index contributed by atoms with van der Waals surface area (Å²) in [6.45, 7) is 1.87. The van der Waals surface area contributed by atoms with Crippen molar-refractivity contribution in [3.05, 3.63) is 29.8 Å². The highest BCUT2D eigenvalue weighted by atomic mass is 16.4. The summed E-state index contributed by atoms with van der Waals surface area (Å²) < 4.78 is 0. The van der Waals surface area contributed by atoms with Gasteiger partial charge in [0.25, 0.3) is 0 Å². The lowest BCUT2D eigenvalue weighted by Gasteiger charge is -2.07. The lowest BCUT2D eigenvalue weighted by atomic mass is 10.1. The van der Waals surface area contributed by atoms with E-state index in [9.17, 15) is 9.59 Å². The molecule has 5 nitrogen and oxygen atoms in total. The van der Waals surface area contributed by atoms with Gasteiger partial charge in [-0.3, -0.25) is 9.59 Å². The van der Waals surface area contributed by atoms with Crippen molar-refractivity contribution in [2.45, 2.75) is 38.6 Å². The van der Waals surface area contributed by atoms with Crippen molar-refractivity contribution in [2.24, 2.45) is 5.73 Å². The summed E-state index contributed by atoms with van der Waals surface area (Å²) in [5.41, 5.74) is 7.24. The third-order valence-corrected chi connectivity index (χ3v) is 2.69. The van der Waals surface area contributed by atoms with Crippen molar-refractivity contribution in [3.63, 3.8) is 0 Å². The molecule has 1 rings (SSSR count). The van der Waals surface area contributed by atoms with E-state index in [0.29, 0.717) is 24.9 Å². The molecule has 1 aromatic rings. The minimum Gasteiger partial charge on any atom is -0.481 e. The summed E-state index contributed by atoms with van der Waals surface area (Å²) in [6, 6.07) is 7.22. The number of nitrogens with two attached hydrogens (primary N) is 1. The van der Waals surface area contributed by atoms with E-state index < -0.39 is 5.97 Å². The predicted molar refractivity (Wildman–Crippen MR) is 73.9 cm³/mol. The standard InChI is InChI=1S/C14H20N2O3/c1-10(15)2-8-13(17)16-12-6-3-11(4-7-12)5-9-14(18)19/h3-4,6-7,10H,2,5,8-9,15H2,1H3,(H,16,17)(H,18,19). The number of carboxylic acid groups (broad SMARTS) is 1. The van der Waals surface area contributed by atoms with Crippen LogP contribution in [0.1, 0.15) is 31.7 Å². The first-order chi connectivity index (χ1) is 8.97. The van der Waals surface area contributed by atoms with Crippen LogP contribution >= 0.6 is 0 Å². The number of aliphatic carboxylic acids is 1. The van der Waals surface area contributed by atoms with Gasteiger partial charge in [0.15, 0.2) is 0 Å². The molecule has 104 valence electrons. The number of amides is 1. The normalized spacial score (nSPS) is 11.9. The number of carbonyl (C=O) groups is 2. The first kappa shape index (κ1) is 15.2. The average molecular weight is 264 g/mol. The molecule has 0 aliphatic heterocycles. The first-order valence-corrected chi connectivity index (χ1v) is 6.33. The van der Waals surface area contributed by atoms with Crippen molar-refractivity contribution in [2.75, 3.05) is 5.32 Å². The minimum atomic E-state index is -0.812. The maximum Gasteiger partial charge on any atom is 0.303 e. The van der Waals surface area contributed by atoms with Crippen molar-refractivity contribution in [1.29, 1.82) is 0 Å². The molecule has 0 aliphatic carbocycles. The van der Waals surface area contributed by atoms with Crippen LogP contribution in [0.15, 0.2) is 24.3 Å². The molecule has 1 amide bonds. The molecule has 1 atom stereocenters. The molecule has 1 unspecified atom stereocenters. The van der Waals surface area contributed by atoms with Gasteiger partial charge in [-0.1, -0.05) is 12.1 Å². The van der Waals surface area contributed by atoms with Gasteiger partial charge in [0.05, 0.1) is 0 Å². The maximum atomic E-state index is 11.6. The summed E-state index contributed by atoms with van der Waals surface area (Å²) in [4.78, 5) is 22.0. The van der Waals surface area contributed by atoms with Gasteiger partial charge in [0, 0.05) is 24.6 Å². The smallest absolute Gasteiger partial charge is 0.303 e. The molecule has 1 aromatic carbocycles. The van der Waals surface area contributed by atoms with E-state index in [0.717, 1.165) is 5.56 Å². The van der Waals surface area contributed by atoms with Crippen molar-refractivity contribution >= 4 is 17.6 Å². The Morgan fingerprint density at radius 1 is 1.26 bits per heavy atom. The molecule has 0 heterocycles. The van der Waals surface area contributed by atoms with Crippen LogP contribution in [0.2, 0.25) is 0 Å². The monoisotopic (exact) mass is 264 g/mol. The second kappa shape index (κ2) is 7.53. The Morgan fingerprint density at radius 3 is 2.42 bits per heavy atom. The van der Waals surface area contributed by atoms with Gasteiger partial charge in [0.1, 0.15) is 0 Å². The Bertz CT molecular complexity index is 427. The number of hydrogen-bond acceptors (Lipinski definition) is 3. The summed E-state index contributed by atoms with van der Waals surface area (Å²) >= 11 is 0. The highest BCUT2D eigenvalue weighted by Gasteiger charge is 2.04. The fourth-order valence-electron chi connectivity index (χ4n) is 1.59. The zero-order valence-electron chi connectivity index (χ0n) is 11.1. The highest BCUT2D eigenvalue weighted by molar-refractivity contribution is 5.90. The van der Waals surface area contributed by atoms with E-state index in [1.807, 2.05) is 19.1 Å². The zero-order valence-corrected chi connectivity index (χ0v) is 11.1. The number of aryl methyl sites for hydroxylation is 1. The minimum absolute atomic E-state index is 0.0177. The van der Waals surface area contributed by atoms with Crippen LogP contribution in [0.3, 0.4) is 0 Å². The van der Waals surface area contributed by atoms with Crippen LogP contribution < -0.4 is 11.1 Å². The number of hydrogen-bond donors (Lipinski definition) is 3. The average Bonchev–Trinajstić information content (AvgIpc) is 2.35. The summed E-state index contributed by atoms with van der Waals surface area (Å²) in [6.07, 6.45) is 1.66. The number of benzene rings is 1. The molecule has 0 radical (unpaired) electrons. The molecular weight excluding hydrogens is 244 g/mol. The molecular formula is C14H20N2O3. The van der Waals surface area contributed by atoms with E-state index in [4.69, 9.17) is 10.8 Å². The van der Waals surface area contributed by atoms with Gasteiger partial charge in [-0.25, -0.2) is 0 Å². The van der Waals surface area contributed by atoms with Crippen LogP contribution in [-0.2, 0) is 16.0 Å². The van der Waals surface area contributed by atoms with Crippen LogP contribution in [0.5, 0.6) is 0 Å². The molecule has 0 spiro atoms. The number of anilines is 1. The van der Waals surface area contributed by atoms with Crippen LogP contribution in [0.4, 0.5) is 5.69 Å². The van der Waals surface area contributed by atoms with E-state index in [1.165, 1.54) is 0 Å².